The van der Waals surface area contributed by atoms with E-state index >= 15 is 0 Å². The maximum absolute atomic E-state index is 6.02. The van der Waals surface area contributed by atoms with Crippen molar-refractivity contribution in [3.8, 4) is 11.3 Å². The lowest BCUT2D eigenvalue weighted by Crippen LogP contribution is -2.14. The normalized spacial score (nSPS) is 11.5. The molecule has 22 heavy (non-hydrogen) atoms. The monoisotopic (exact) mass is 330 g/mol. The first-order valence-corrected chi connectivity index (χ1v) is 8.65. The molecule has 1 heterocycles. The maximum Gasteiger partial charge on any atom is 0.0603 e. The lowest BCUT2D eigenvalue weighted by atomic mass is 10.1. The van der Waals surface area contributed by atoms with Crippen LogP contribution in [0.25, 0.3) is 22.2 Å². The second-order valence-corrected chi connectivity index (χ2v) is 7.07. The van der Waals surface area contributed by atoms with Crippen LogP contribution in [0.15, 0.2) is 53.4 Å². The van der Waals surface area contributed by atoms with E-state index in [2.05, 4.69) is 60.4 Å². The molecule has 0 aliphatic carbocycles. The van der Waals surface area contributed by atoms with Gasteiger partial charge in [-0.25, -0.2) is 0 Å². The number of fused-ring (bicyclic) bond motifs is 1. The first kappa shape index (κ1) is 15.5. The molecule has 0 unspecified atom stereocenters. The number of aromatic nitrogens is 1. The molecule has 0 bridgehead atoms. The highest BCUT2D eigenvalue weighted by atomic mass is 35.5. The van der Waals surface area contributed by atoms with Gasteiger partial charge in [0.2, 0.25) is 0 Å². The van der Waals surface area contributed by atoms with Crippen molar-refractivity contribution >= 4 is 34.3 Å². The van der Waals surface area contributed by atoms with Gasteiger partial charge >= 0.3 is 0 Å². The third kappa shape index (κ3) is 3.32. The van der Waals surface area contributed by atoms with Crippen molar-refractivity contribution in [2.75, 3.05) is 26.4 Å². The Balaban J connectivity index is 2.02. The molecule has 1 N–H and O–H groups in total. The van der Waals surface area contributed by atoms with Gasteiger partial charge in [0.15, 0.2) is 0 Å². The first-order valence-electron chi connectivity index (χ1n) is 7.29. The number of nitrogens with one attached hydrogen (secondary N) is 1. The topological polar surface area (TPSA) is 19.0 Å². The Kier molecular flexibility index (Phi) is 4.77. The lowest BCUT2D eigenvalue weighted by molar-refractivity contribution is 0.437. The van der Waals surface area contributed by atoms with Gasteiger partial charge in [0.05, 0.1) is 5.69 Å². The Morgan fingerprint density at radius 1 is 1.05 bits per heavy atom. The second-order valence-electron chi connectivity index (χ2n) is 5.53. The van der Waals surface area contributed by atoms with E-state index in [-0.39, 0.29) is 0 Å². The highest BCUT2D eigenvalue weighted by Crippen LogP contribution is 2.37. The summed E-state index contributed by atoms with van der Waals surface area (Å²) in [5.74, 6) is 1.06. The van der Waals surface area contributed by atoms with E-state index in [0.717, 1.165) is 17.3 Å². The number of hydrogen-bond acceptors (Lipinski definition) is 2. The summed E-state index contributed by atoms with van der Waals surface area (Å²) in [5.41, 5.74) is 3.54. The van der Waals surface area contributed by atoms with Crippen molar-refractivity contribution in [2.45, 2.75) is 4.90 Å². The van der Waals surface area contributed by atoms with Crippen molar-refractivity contribution < 1.29 is 0 Å². The van der Waals surface area contributed by atoms with Crippen molar-refractivity contribution in [2.24, 2.45) is 0 Å². The number of benzene rings is 2. The minimum absolute atomic E-state index is 0.765. The second kappa shape index (κ2) is 6.78. The van der Waals surface area contributed by atoms with Crippen LogP contribution < -0.4 is 0 Å². The molecule has 4 heteroatoms. The van der Waals surface area contributed by atoms with Crippen LogP contribution in [0.4, 0.5) is 0 Å². The van der Waals surface area contributed by atoms with Gasteiger partial charge in [0, 0.05) is 33.1 Å². The number of H-pyrrole nitrogens is 1. The fourth-order valence-corrected chi connectivity index (χ4v) is 3.85. The minimum Gasteiger partial charge on any atom is -0.354 e. The molecule has 0 radical (unpaired) electrons. The van der Waals surface area contributed by atoms with Gasteiger partial charge in [-0.2, -0.15) is 0 Å². The molecule has 0 aliphatic rings. The van der Waals surface area contributed by atoms with Crippen molar-refractivity contribution in [1.82, 2.24) is 9.88 Å². The Morgan fingerprint density at radius 2 is 1.77 bits per heavy atom. The summed E-state index contributed by atoms with van der Waals surface area (Å²) < 4.78 is 0. The number of rotatable bonds is 5. The van der Waals surface area contributed by atoms with Gasteiger partial charge in [-0.15, -0.1) is 11.8 Å². The van der Waals surface area contributed by atoms with E-state index in [0.29, 0.717) is 0 Å². The molecule has 1 aromatic heterocycles. The van der Waals surface area contributed by atoms with Gasteiger partial charge in [0.1, 0.15) is 0 Å². The summed E-state index contributed by atoms with van der Waals surface area (Å²) in [6.45, 7) is 1.06. The molecule has 114 valence electrons. The van der Waals surface area contributed by atoms with Crippen LogP contribution in [-0.4, -0.2) is 36.3 Å². The number of nitrogens with zero attached hydrogens (tertiary/aromatic N) is 1. The molecular formula is C18H19ClN2S. The molecular weight excluding hydrogens is 312 g/mol. The van der Waals surface area contributed by atoms with E-state index in [4.69, 9.17) is 11.6 Å². The van der Waals surface area contributed by atoms with Crippen LogP contribution in [0.3, 0.4) is 0 Å². The van der Waals surface area contributed by atoms with E-state index in [1.807, 2.05) is 23.9 Å². The average Bonchev–Trinajstić information content (AvgIpc) is 2.87. The summed E-state index contributed by atoms with van der Waals surface area (Å²) in [5, 5.41) is 2.05. The van der Waals surface area contributed by atoms with Crippen LogP contribution in [0, 0.1) is 0 Å². The van der Waals surface area contributed by atoms with Crippen LogP contribution in [0.1, 0.15) is 0 Å². The van der Waals surface area contributed by atoms with E-state index in [1.54, 1.807) is 0 Å². The van der Waals surface area contributed by atoms with Gasteiger partial charge in [0.25, 0.3) is 0 Å². The van der Waals surface area contributed by atoms with Crippen LogP contribution in [0.5, 0.6) is 0 Å². The summed E-state index contributed by atoms with van der Waals surface area (Å²) in [7, 11) is 4.21. The average molecular weight is 331 g/mol. The standard InChI is InChI=1S/C18H19ClN2S/c1-21(2)11-12-22-18-15-5-3-4-6-16(15)20-17(18)13-7-9-14(19)10-8-13/h3-10,20H,11-12H2,1-2H3. The van der Waals surface area contributed by atoms with Gasteiger partial charge in [-0.3, -0.25) is 0 Å². The largest absolute Gasteiger partial charge is 0.354 e. The molecule has 3 rings (SSSR count). The smallest absolute Gasteiger partial charge is 0.0603 e. The molecule has 0 fully saturated rings. The molecule has 2 nitrogen and oxygen atoms in total. The number of aromatic amines is 1. The maximum atomic E-state index is 6.02. The Hall–Kier alpha value is -1.42. The zero-order valence-electron chi connectivity index (χ0n) is 12.8. The quantitative estimate of drug-likeness (QED) is 0.653. The number of hydrogen-bond donors (Lipinski definition) is 1. The third-order valence-electron chi connectivity index (χ3n) is 3.58. The van der Waals surface area contributed by atoms with Gasteiger partial charge in [-0.05, 0) is 37.9 Å². The first-order chi connectivity index (χ1) is 10.6. The van der Waals surface area contributed by atoms with Crippen LogP contribution in [-0.2, 0) is 0 Å². The fraction of sp³-hybridized carbons (Fsp3) is 0.222. The highest BCUT2D eigenvalue weighted by molar-refractivity contribution is 7.99. The molecule has 0 spiro atoms. The molecule has 0 amide bonds. The van der Waals surface area contributed by atoms with E-state index < -0.39 is 0 Å². The summed E-state index contributed by atoms with van der Waals surface area (Å²) in [6.07, 6.45) is 0. The number of para-hydroxylation sites is 1. The summed E-state index contributed by atoms with van der Waals surface area (Å²) >= 11 is 7.92. The molecule has 0 atom stereocenters. The van der Waals surface area contributed by atoms with Crippen LogP contribution in [0.2, 0.25) is 5.02 Å². The highest BCUT2D eigenvalue weighted by Gasteiger charge is 2.13. The zero-order valence-corrected chi connectivity index (χ0v) is 14.3. The molecule has 0 saturated heterocycles. The Bertz CT molecular complexity index is 762. The van der Waals surface area contributed by atoms with Crippen LogP contribution >= 0.6 is 23.4 Å². The van der Waals surface area contributed by atoms with Crippen molar-refractivity contribution in [3.63, 3.8) is 0 Å². The van der Waals surface area contributed by atoms with Crippen molar-refractivity contribution in [1.29, 1.82) is 0 Å². The molecule has 3 aromatic rings. The van der Waals surface area contributed by atoms with E-state index in [9.17, 15) is 0 Å². The Labute approximate surface area is 140 Å². The molecule has 0 saturated carbocycles. The fourth-order valence-electron chi connectivity index (χ4n) is 2.42. The summed E-state index contributed by atoms with van der Waals surface area (Å²) in [6, 6.07) is 16.5. The zero-order chi connectivity index (χ0) is 15.5. The predicted octanol–water partition coefficient (Wildman–Crippen LogP) is 5.14. The number of thioether (sulfide) groups is 1. The Morgan fingerprint density at radius 3 is 2.50 bits per heavy atom. The molecule has 2 aromatic carbocycles. The SMILES string of the molecule is CN(C)CCSc1c(-c2ccc(Cl)cc2)[nH]c2ccccc12. The van der Waals surface area contributed by atoms with Gasteiger partial charge in [-0.1, -0.05) is 41.9 Å². The number of halogens is 1. The summed E-state index contributed by atoms with van der Waals surface area (Å²) in [4.78, 5) is 7.09. The van der Waals surface area contributed by atoms with Crippen molar-refractivity contribution in [3.05, 3.63) is 53.6 Å². The van der Waals surface area contributed by atoms with E-state index in [1.165, 1.54) is 27.1 Å². The predicted molar refractivity (Wildman–Crippen MR) is 98.0 cm³/mol. The minimum atomic E-state index is 0.765. The third-order valence-corrected chi connectivity index (χ3v) is 4.93. The molecule has 0 aliphatic heterocycles. The lowest BCUT2D eigenvalue weighted by Gasteiger charge is -2.10. The van der Waals surface area contributed by atoms with Gasteiger partial charge < -0.3 is 9.88 Å².